The van der Waals surface area contributed by atoms with Gasteiger partial charge in [-0.3, -0.25) is 15.0 Å². The third-order valence-electron chi connectivity index (χ3n) is 5.72. The minimum absolute atomic E-state index is 0.0110. The van der Waals surface area contributed by atoms with E-state index in [1.54, 1.807) is 24.3 Å². The van der Waals surface area contributed by atoms with Gasteiger partial charge in [0.05, 0.1) is 6.61 Å². The normalized spacial score (nSPS) is 18.5. The molecule has 2 amide bonds. The van der Waals surface area contributed by atoms with E-state index in [0.717, 1.165) is 12.8 Å². The van der Waals surface area contributed by atoms with Gasteiger partial charge in [0.1, 0.15) is 17.1 Å². The number of benzene rings is 1. The number of carboxylic acids is 1. The fourth-order valence-corrected chi connectivity index (χ4v) is 3.89. The van der Waals surface area contributed by atoms with Gasteiger partial charge in [0.2, 0.25) is 0 Å². The number of carbonyl (C=O) groups is 3. The summed E-state index contributed by atoms with van der Waals surface area (Å²) >= 11 is 0. The topological polar surface area (TPSA) is 146 Å². The Bertz CT molecular complexity index is 821. The minimum Gasteiger partial charge on any atom is -0.494 e. The van der Waals surface area contributed by atoms with Gasteiger partial charge >= 0.3 is 17.8 Å². The molecule has 9 heteroatoms. The maximum Gasteiger partial charge on any atom is 0.329 e. The molecule has 1 saturated carbocycles. The van der Waals surface area contributed by atoms with Crippen molar-refractivity contribution in [1.29, 1.82) is 5.41 Å². The van der Waals surface area contributed by atoms with E-state index in [-0.39, 0.29) is 31.3 Å². The molecule has 30 heavy (non-hydrogen) atoms. The predicted molar refractivity (Wildman–Crippen MR) is 109 cm³/mol. The van der Waals surface area contributed by atoms with Crippen molar-refractivity contribution in [3.63, 3.8) is 0 Å². The van der Waals surface area contributed by atoms with Crippen LogP contribution in [0.3, 0.4) is 0 Å². The molecule has 2 fully saturated rings. The molecule has 2 aliphatic rings. The number of piperazine rings is 1. The number of nitrogens with one attached hydrogen (secondary N) is 2. The van der Waals surface area contributed by atoms with E-state index in [1.165, 1.54) is 4.90 Å². The van der Waals surface area contributed by atoms with Crippen molar-refractivity contribution < 1.29 is 24.2 Å². The second kappa shape index (κ2) is 9.15. The molecule has 1 aliphatic carbocycles. The number of nitrogen functional groups attached to an aromatic ring is 1. The number of aliphatic carboxylic acids is 1. The lowest BCUT2D eigenvalue weighted by molar-refractivity contribution is -0.166. The Morgan fingerprint density at radius 3 is 2.57 bits per heavy atom. The molecule has 0 aromatic heterocycles. The highest BCUT2D eigenvalue weighted by Crippen LogP contribution is 2.41. The lowest BCUT2D eigenvalue weighted by Gasteiger charge is -2.42. The van der Waals surface area contributed by atoms with E-state index in [0.29, 0.717) is 37.2 Å². The molecule has 5 N–H and O–H groups in total. The van der Waals surface area contributed by atoms with Gasteiger partial charge < -0.3 is 25.8 Å². The van der Waals surface area contributed by atoms with Crippen LogP contribution >= 0.6 is 0 Å². The number of unbranched alkanes of at least 4 members (excludes halogenated alkanes) is 1. The summed E-state index contributed by atoms with van der Waals surface area (Å²) in [7, 11) is 0. The second-order valence-corrected chi connectivity index (χ2v) is 7.94. The van der Waals surface area contributed by atoms with Crippen LogP contribution in [0.5, 0.6) is 5.75 Å². The highest BCUT2D eigenvalue weighted by atomic mass is 16.5. The molecule has 0 radical (unpaired) electrons. The number of hydrogen-bond acceptors (Lipinski definition) is 5. The fraction of sp³-hybridized carbons (Fsp3) is 0.524. The highest BCUT2D eigenvalue weighted by Gasteiger charge is 2.51. The van der Waals surface area contributed by atoms with Crippen LogP contribution in [-0.2, 0) is 14.4 Å². The van der Waals surface area contributed by atoms with E-state index in [9.17, 15) is 19.5 Å². The number of nitrogens with zero attached hydrogens (tertiary/aromatic N) is 1. The maximum absolute atomic E-state index is 12.4. The minimum atomic E-state index is -1.35. The van der Waals surface area contributed by atoms with Crippen LogP contribution < -0.4 is 15.8 Å². The molecule has 0 bridgehead atoms. The monoisotopic (exact) mass is 416 g/mol. The quantitative estimate of drug-likeness (QED) is 0.184. The first kappa shape index (κ1) is 21.6. The van der Waals surface area contributed by atoms with Crippen molar-refractivity contribution in [2.75, 3.05) is 19.7 Å². The predicted octanol–water partition coefficient (Wildman–Crippen LogP) is 1.10. The van der Waals surface area contributed by atoms with Crippen molar-refractivity contribution >= 4 is 23.6 Å². The summed E-state index contributed by atoms with van der Waals surface area (Å²) in [6.07, 6.45) is 3.75. The molecular weight excluding hydrogens is 388 g/mol. The molecule has 1 aliphatic heterocycles. The first-order valence-corrected chi connectivity index (χ1v) is 10.2. The smallest absolute Gasteiger partial charge is 0.329 e. The van der Waals surface area contributed by atoms with Gasteiger partial charge in [0, 0.05) is 18.7 Å². The molecule has 3 rings (SSSR count). The van der Waals surface area contributed by atoms with Gasteiger partial charge in [-0.2, -0.15) is 0 Å². The SMILES string of the molecule is N=C(N)c1ccc(OCCCCC(CC2CC2)(C(=O)O)N2CCNC(=O)C2=O)cc1. The van der Waals surface area contributed by atoms with Crippen molar-refractivity contribution in [2.45, 2.75) is 44.1 Å². The number of amides is 2. The lowest BCUT2D eigenvalue weighted by Crippen LogP contribution is -2.64. The summed E-state index contributed by atoms with van der Waals surface area (Å²) < 4.78 is 5.69. The van der Waals surface area contributed by atoms with E-state index in [2.05, 4.69) is 5.32 Å². The Labute approximate surface area is 175 Å². The van der Waals surface area contributed by atoms with Crippen LogP contribution in [0, 0.1) is 11.3 Å². The van der Waals surface area contributed by atoms with Gasteiger partial charge in [0.15, 0.2) is 0 Å². The molecule has 0 spiro atoms. The third-order valence-corrected chi connectivity index (χ3v) is 5.72. The Balaban J connectivity index is 1.59. The van der Waals surface area contributed by atoms with Gasteiger partial charge in [-0.05, 0) is 55.9 Å². The molecule has 1 atom stereocenters. The number of carboxylic acid groups (broad SMARTS) is 1. The Hall–Kier alpha value is -3.10. The van der Waals surface area contributed by atoms with Crippen molar-refractivity contribution in [3.8, 4) is 5.75 Å². The van der Waals surface area contributed by atoms with Crippen LogP contribution in [0.1, 0.15) is 44.1 Å². The Morgan fingerprint density at radius 2 is 1.97 bits per heavy atom. The zero-order chi connectivity index (χ0) is 21.7. The summed E-state index contributed by atoms with van der Waals surface area (Å²) in [6.45, 7) is 0.874. The van der Waals surface area contributed by atoms with Crippen LogP contribution in [0.2, 0.25) is 0 Å². The first-order chi connectivity index (χ1) is 14.3. The van der Waals surface area contributed by atoms with E-state index >= 15 is 0 Å². The number of hydrogen-bond donors (Lipinski definition) is 4. The first-order valence-electron chi connectivity index (χ1n) is 10.2. The molecule has 1 heterocycles. The number of ether oxygens (including phenoxy) is 1. The lowest BCUT2D eigenvalue weighted by atomic mass is 9.84. The molecule has 1 saturated heterocycles. The summed E-state index contributed by atoms with van der Waals surface area (Å²) in [5.74, 6) is -1.62. The van der Waals surface area contributed by atoms with Crippen molar-refractivity contribution in [3.05, 3.63) is 29.8 Å². The largest absolute Gasteiger partial charge is 0.494 e. The van der Waals surface area contributed by atoms with Crippen LogP contribution in [0.15, 0.2) is 24.3 Å². The molecular formula is C21H28N4O5. The average Bonchev–Trinajstić information content (AvgIpc) is 3.53. The van der Waals surface area contributed by atoms with Crippen LogP contribution in [0.4, 0.5) is 0 Å². The van der Waals surface area contributed by atoms with Crippen LogP contribution in [-0.4, -0.2) is 58.9 Å². The van der Waals surface area contributed by atoms with E-state index < -0.39 is 23.3 Å². The average molecular weight is 416 g/mol. The Kier molecular flexibility index (Phi) is 6.59. The van der Waals surface area contributed by atoms with Gasteiger partial charge in [-0.25, -0.2) is 4.79 Å². The third kappa shape index (κ3) is 4.90. The standard InChI is InChI=1S/C21H28N4O5/c22-17(23)15-5-7-16(8-6-15)30-12-2-1-9-21(20(28)29,13-14-3-4-14)25-11-10-24-18(26)19(25)27/h5-8,14H,1-4,9-13H2,(H3,22,23)(H,24,26)(H,28,29). The van der Waals surface area contributed by atoms with Gasteiger partial charge in [-0.15, -0.1) is 0 Å². The van der Waals surface area contributed by atoms with Crippen LogP contribution in [0.25, 0.3) is 0 Å². The molecule has 9 nitrogen and oxygen atoms in total. The van der Waals surface area contributed by atoms with Gasteiger partial charge in [0.25, 0.3) is 0 Å². The highest BCUT2D eigenvalue weighted by molar-refractivity contribution is 6.36. The molecule has 162 valence electrons. The summed E-state index contributed by atoms with van der Waals surface area (Å²) in [4.78, 5) is 37.9. The zero-order valence-electron chi connectivity index (χ0n) is 16.9. The number of amidine groups is 1. The summed E-state index contributed by atoms with van der Waals surface area (Å²) in [5, 5.41) is 20.0. The zero-order valence-corrected chi connectivity index (χ0v) is 16.9. The number of carbonyl (C=O) groups excluding carboxylic acids is 2. The number of rotatable bonds is 11. The van der Waals surface area contributed by atoms with Gasteiger partial charge in [-0.1, -0.05) is 12.8 Å². The molecule has 1 aromatic carbocycles. The second-order valence-electron chi connectivity index (χ2n) is 7.94. The van der Waals surface area contributed by atoms with Crippen molar-refractivity contribution in [1.82, 2.24) is 10.2 Å². The maximum atomic E-state index is 12.4. The fourth-order valence-electron chi connectivity index (χ4n) is 3.89. The van der Waals surface area contributed by atoms with E-state index in [4.69, 9.17) is 15.9 Å². The Morgan fingerprint density at radius 1 is 1.27 bits per heavy atom. The summed E-state index contributed by atoms with van der Waals surface area (Å²) in [6, 6.07) is 6.87. The van der Waals surface area contributed by atoms with Crippen molar-refractivity contribution in [2.24, 2.45) is 11.7 Å². The molecule has 1 unspecified atom stereocenters. The summed E-state index contributed by atoms with van der Waals surface area (Å²) in [5.41, 5.74) is 4.70. The molecule has 1 aromatic rings. The van der Waals surface area contributed by atoms with E-state index in [1.807, 2.05) is 0 Å². The number of nitrogens with two attached hydrogens (primary N) is 1.